The first-order chi connectivity index (χ1) is 19.0. The van der Waals surface area contributed by atoms with Crippen LogP contribution in [0.4, 0.5) is 13.2 Å². The number of halogens is 3. The average molecular weight is 561 g/mol. The molecule has 4 N–H and O–H groups in total. The number of benzene rings is 2. The average Bonchev–Trinajstić information content (AvgIpc) is 3.40. The van der Waals surface area contributed by atoms with E-state index < -0.39 is 29.2 Å². The third kappa shape index (κ3) is 7.19. The van der Waals surface area contributed by atoms with Crippen molar-refractivity contribution in [2.45, 2.75) is 62.9 Å². The van der Waals surface area contributed by atoms with E-state index in [1.807, 2.05) is 19.1 Å². The molecule has 11 heteroatoms. The Morgan fingerprint density at radius 3 is 2.30 bits per heavy atom. The zero-order chi connectivity index (χ0) is 28.9. The third-order valence-corrected chi connectivity index (χ3v) is 7.77. The molecule has 0 spiro atoms. The Kier molecular flexibility index (Phi) is 9.15. The van der Waals surface area contributed by atoms with E-state index in [1.54, 1.807) is 12.1 Å². The van der Waals surface area contributed by atoms with E-state index in [4.69, 9.17) is 0 Å². The molecule has 1 saturated carbocycles. The highest BCUT2D eigenvalue weighted by molar-refractivity contribution is 5.96. The van der Waals surface area contributed by atoms with Crippen molar-refractivity contribution in [1.29, 1.82) is 0 Å². The summed E-state index contributed by atoms with van der Waals surface area (Å²) in [4.78, 5) is 39.0. The van der Waals surface area contributed by atoms with Crippen LogP contribution in [0.1, 0.15) is 70.9 Å². The number of carbonyl (C=O) groups excluding carboxylic acids is 3. The van der Waals surface area contributed by atoms with Crippen LogP contribution in [0, 0.1) is 0 Å². The Bertz CT molecular complexity index is 1210. The van der Waals surface area contributed by atoms with E-state index >= 15 is 0 Å². The Labute approximate surface area is 231 Å². The van der Waals surface area contributed by atoms with E-state index in [-0.39, 0.29) is 30.1 Å². The number of hydrogen-bond donors (Lipinski definition) is 4. The Morgan fingerprint density at radius 1 is 0.975 bits per heavy atom. The summed E-state index contributed by atoms with van der Waals surface area (Å²) < 4.78 is 38.7. The van der Waals surface area contributed by atoms with Gasteiger partial charge in [0.25, 0.3) is 11.8 Å². The summed E-state index contributed by atoms with van der Waals surface area (Å²) in [6.07, 6.45) is -1.04. The second-order valence-corrected chi connectivity index (χ2v) is 10.5. The lowest BCUT2D eigenvalue weighted by Gasteiger charge is -2.40. The normalized spacial score (nSPS) is 23.4. The van der Waals surface area contributed by atoms with Gasteiger partial charge in [-0.2, -0.15) is 13.2 Å². The summed E-state index contributed by atoms with van der Waals surface area (Å²) in [7, 11) is 0. The zero-order valence-electron chi connectivity index (χ0n) is 22.4. The number of nitrogens with one attached hydrogen (secondary N) is 3. The van der Waals surface area contributed by atoms with Crippen LogP contribution in [0.25, 0.3) is 0 Å². The fourth-order valence-corrected chi connectivity index (χ4v) is 5.54. The number of rotatable bonds is 8. The van der Waals surface area contributed by atoms with Gasteiger partial charge < -0.3 is 21.1 Å². The number of likely N-dealkylation sites (tertiary alicyclic amines) is 1. The largest absolute Gasteiger partial charge is 0.416 e. The van der Waals surface area contributed by atoms with Gasteiger partial charge in [0.05, 0.1) is 17.7 Å². The molecule has 1 aliphatic heterocycles. The molecule has 2 aromatic rings. The van der Waals surface area contributed by atoms with Gasteiger partial charge >= 0.3 is 6.18 Å². The molecule has 2 fully saturated rings. The molecule has 1 heterocycles. The van der Waals surface area contributed by atoms with Crippen molar-refractivity contribution in [2.75, 3.05) is 26.2 Å². The van der Waals surface area contributed by atoms with Crippen LogP contribution in [0.5, 0.6) is 0 Å². The molecule has 40 heavy (non-hydrogen) atoms. The summed E-state index contributed by atoms with van der Waals surface area (Å²) in [5, 5.41) is 19.3. The molecular formula is C29H35F3N4O4. The highest BCUT2D eigenvalue weighted by Crippen LogP contribution is 2.39. The summed E-state index contributed by atoms with van der Waals surface area (Å²) in [5.74, 6) is -1.29. The lowest BCUT2D eigenvalue weighted by Crippen LogP contribution is -2.45. The SMILES string of the molecule is CCNC(=O)c1ccc(C2(O)CCC(N3CCC(NC(=O)CNC(=O)c4cccc(C(F)(F)F)c4)C3)CC2)cc1. The summed E-state index contributed by atoms with van der Waals surface area (Å²) in [6.45, 7) is 3.52. The molecule has 1 atom stereocenters. The number of nitrogens with zero attached hydrogens (tertiary/aromatic N) is 1. The Balaban J connectivity index is 1.21. The number of carbonyl (C=O) groups is 3. The topological polar surface area (TPSA) is 111 Å². The van der Waals surface area contributed by atoms with Crippen LogP contribution in [-0.4, -0.2) is 66.0 Å². The smallest absolute Gasteiger partial charge is 0.385 e. The molecule has 0 radical (unpaired) electrons. The van der Waals surface area contributed by atoms with Crippen LogP contribution >= 0.6 is 0 Å². The van der Waals surface area contributed by atoms with Crippen LogP contribution in [-0.2, 0) is 16.6 Å². The van der Waals surface area contributed by atoms with Crippen molar-refractivity contribution in [2.24, 2.45) is 0 Å². The molecule has 2 aromatic carbocycles. The first-order valence-electron chi connectivity index (χ1n) is 13.6. The van der Waals surface area contributed by atoms with Crippen molar-refractivity contribution in [1.82, 2.24) is 20.9 Å². The predicted octanol–water partition coefficient (Wildman–Crippen LogP) is 3.21. The van der Waals surface area contributed by atoms with E-state index in [9.17, 15) is 32.7 Å². The highest BCUT2D eigenvalue weighted by Gasteiger charge is 2.38. The second kappa shape index (κ2) is 12.4. The minimum absolute atomic E-state index is 0.0967. The number of amides is 3. The zero-order valence-corrected chi connectivity index (χ0v) is 22.4. The standard InChI is InChI=1S/C29H35F3N4O4/c1-2-33-26(38)19-6-8-21(9-7-19)28(40)13-10-24(11-14-28)36-15-12-23(18-36)35-25(37)17-34-27(39)20-4-3-5-22(16-20)29(30,31)32/h3-9,16,23-24,40H,2,10-15,17-18H2,1H3,(H,33,38)(H,34,39)(H,35,37). The minimum atomic E-state index is -4.56. The maximum Gasteiger partial charge on any atom is 0.416 e. The van der Waals surface area contributed by atoms with E-state index in [0.29, 0.717) is 31.5 Å². The third-order valence-electron chi connectivity index (χ3n) is 7.77. The Hall–Kier alpha value is -3.44. The van der Waals surface area contributed by atoms with Gasteiger partial charge in [-0.3, -0.25) is 19.3 Å². The molecule has 1 saturated heterocycles. The van der Waals surface area contributed by atoms with Gasteiger partial charge in [0.15, 0.2) is 0 Å². The lowest BCUT2D eigenvalue weighted by molar-refractivity contribution is -0.137. The monoisotopic (exact) mass is 560 g/mol. The number of hydrogen-bond acceptors (Lipinski definition) is 5. The van der Waals surface area contributed by atoms with Crippen molar-refractivity contribution >= 4 is 17.7 Å². The maximum absolute atomic E-state index is 12.9. The second-order valence-electron chi connectivity index (χ2n) is 10.5. The van der Waals surface area contributed by atoms with Gasteiger partial charge in [0, 0.05) is 42.8 Å². The quantitative estimate of drug-likeness (QED) is 0.397. The highest BCUT2D eigenvalue weighted by atomic mass is 19.4. The fraction of sp³-hybridized carbons (Fsp3) is 0.483. The van der Waals surface area contributed by atoms with Crippen molar-refractivity contribution < 1.29 is 32.7 Å². The molecule has 3 amide bonds. The van der Waals surface area contributed by atoms with Gasteiger partial charge in [-0.25, -0.2) is 0 Å². The summed E-state index contributed by atoms with van der Waals surface area (Å²) in [5.41, 5.74) is -0.668. The van der Waals surface area contributed by atoms with Gasteiger partial charge in [0.2, 0.25) is 5.91 Å². The van der Waals surface area contributed by atoms with Crippen molar-refractivity contribution in [3.05, 3.63) is 70.8 Å². The number of aliphatic hydroxyl groups is 1. The van der Waals surface area contributed by atoms with Crippen molar-refractivity contribution in [3.63, 3.8) is 0 Å². The molecule has 2 aliphatic rings. The van der Waals surface area contributed by atoms with Crippen LogP contribution in [0.3, 0.4) is 0 Å². The van der Waals surface area contributed by atoms with E-state index in [2.05, 4.69) is 20.9 Å². The van der Waals surface area contributed by atoms with Crippen LogP contribution in [0.2, 0.25) is 0 Å². The Morgan fingerprint density at radius 2 is 1.65 bits per heavy atom. The van der Waals surface area contributed by atoms with Gasteiger partial charge in [-0.15, -0.1) is 0 Å². The summed E-state index contributed by atoms with van der Waals surface area (Å²) >= 11 is 0. The van der Waals surface area contributed by atoms with Crippen LogP contribution < -0.4 is 16.0 Å². The van der Waals surface area contributed by atoms with Crippen LogP contribution in [0.15, 0.2) is 48.5 Å². The first kappa shape index (κ1) is 29.5. The first-order valence-corrected chi connectivity index (χ1v) is 13.6. The molecule has 1 unspecified atom stereocenters. The van der Waals surface area contributed by atoms with Gasteiger partial charge in [0.1, 0.15) is 0 Å². The van der Waals surface area contributed by atoms with Gasteiger partial charge in [-0.1, -0.05) is 18.2 Å². The lowest BCUT2D eigenvalue weighted by atomic mass is 9.77. The molecule has 4 rings (SSSR count). The van der Waals surface area contributed by atoms with Gasteiger partial charge in [-0.05, 0) is 74.9 Å². The van der Waals surface area contributed by atoms with E-state index in [0.717, 1.165) is 49.6 Å². The maximum atomic E-state index is 12.9. The molecule has 8 nitrogen and oxygen atoms in total. The molecular weight excluding hydrogens is 525 g/mol. The molecule has 216 valence electrons. The molecule has 0 bridgehead atoms. The predicted molar refractivity (Wildman–Crippen MR) is 142 cm³/mol. The fourth-order valence-electron chi connectivity index (χ4n) is 5.54. The number of alkyl halides is 3. The van der Waals surface area contributed by atoms with E-state index in [1.165, 1.54) is 6.07 Å². The minimum Gasteiger partial charge on any atom is -0.385 e. The molecule has 1 aliphatic carbocycles. The molecule has 0 aromatic heterocycles. The summed E-state index contributed by atoms with van der Waals surface area (Å²) in [6, 6.07) is 11.3. The van der Waals surface area contributed by atoms with Crippen molar-refractivity contribution in [3.8, 4) is 0 Å².